The van der Waals surface area contributed by atoms with E-state index in [9.17, 15) is 4.79 Å². The van der Waals surface area contributed by atoms with Gasteiger partial charge in [-0.1, -0.05) is 44.2 Å². The Labute approximate surface area is 130 Å². The molecule has 0 spiro atoms. The summed E-state index contributed by atoms with van der Waals surface area (Å²) in [5, 5.41) is 4.88. The summed E-state index contributed by atoms with van der Waals surface area (Å²) in [5.74, 6) is 0.535. The highest BCUT2D eigenvalue weighted by molar-refractivity contribution is 7.10. The van der Waals surface area contributed by atoms with E-state index in [4.69, 9.17) is 5.73 Å². The normalized spacial score (nSPS) is 12.4. The van der Waals surface area contributed by atoms with Gasteiger partial charge in [-0.15, -0.1) is 11.3 Å². The summed E-state index contributed by atoms with van der Waals surface area (Å²) in [7, 11) is 0. The van der Waals surface area contributed by atoms with E-state index in [0.29, 0.717) is 18.9 Å². The monoisotopic (exact) mass is 302 g/mol. The Morgan fingerprint density at radius 2 is 1.86 bits per heavy atom. The van der Waals surface area contributed by atoms with E-state index in [1.165, 1.54) is 5.56 Å². The fraction of sp³-hybridized carbons (Fsp3) is 0.353. The van der Waals surface area contributed by atoms with Crippen LogP contribution in [0.25, 0.3) is 0 Å². The van der Waals surface area contributed by atoms with Crippen LogP contribution in [0.3, 0.4) is 0 Å². The molecule has 4 heteroatoms. The maximum absolute atomic E-state index is 11.8. The van der Waals surface area contributed by atoms with Crippen LogP contribution in [0.15, 0.2) is 41.8 Å². The van der Waals surface area contributed by atoms with Gasteiger partial charge in [-0.25, -0.2) is 0 Å². The van der Waals surface area contributed by atoms with E-state index >= 15 is 0 Å². The van der Waals surface area contributed by atoms with Gasteiger partial charge in [-0.3, -0.25) is 4.79 Å². The number of thiophene rings is 1. The Morgan fingerprint density at radius 3 is 2.43 bits per heavy atom. The van der Waals surface area contributed by atoms with Crippen molar-refractivity contribution in [2.75, 3.05) is 6.54 Å². The minimum absolute atomic E-state index is 0.0201. The number of carbonyl (C=O) groups is 1. The van der Waals surface area contributed by atoms with Crippen LogP contribution in [0.4, 0.5) is 0 Å². The Morgan fingerprint density at radius 1 is 1.19 bits per heavy atom. The van der Waals surface area contributed by atoms with Gasteiger partial charge in [0.25, 0.3) is 0 Å². The van der Waals surface area contributed by atoms with Gasteiger partial charge < -0.3 is 11.1 Å². The molecule has 0 aliphatic rings. The zero-order chi connectivity index (χ0) is 15.2. The second-order valence-electron chi connectivity index (χ2n) is 5.49. The Bertz CT molecular complexity index is 561. The predicted molar refractivity (Wildman–Crippen MR) is 88.5 cm³/mol. The first-order chi connectivity index (χ1) is 10.1. The topological polar surface area (TPSA) is 55.1 Å². The number of nitrogens with one attached hydrogen (secondary N) is 1. The van der Waals surface area contributed by atoms with E-state index in [2.05, 4.69) is 31.3 Å². The maximum Gasteiger partial charge on any atom is 0.225 e. The molecule has 112 valence electrons. The summed E-state index contributed by atoms with van der Waals surface area (Å²) in [6.45, 7) is 4.80. The fourth-order valence-corrected chi connectivity index (χ4v) is 2.81. The third kappa shape index (κ3) is 4.69. The van der Waals surface area contributed by atoms with Gasteiger partial charge >= 0.3 is 0 Å². The summed E-state index contributed by atoms with van der Waals surface area (Å²) in [6.07, 6.45) is 0.427. The van der Waals surface area contributed by atoms with Crippen LogP contribution in [0.1, 0.15) is 41.8 Å². The Kier molecular flexibility index (Phi) is 5.53. The van der Waals surface area contributed by atoms with Crippen molar-refractivity contribution in [2.45, 2.75) is 32.2 Å². The average Bonchev–Trinajstić information content (AvgIpc) is 2.97. The zero-order valence-corrected chi connectivity index (χ0v) is 13.3. The molecule has 1 amide bonds. The van der Waals surface area contributed by atoms with Crippen molar-refractivity contribution in [1.82, 2.24) is 5.32 Å². The van der Waals surface area contributed by atoms with Crippen molar-refractivity contribution in [3.05, 3.63) is 57.8 Å². The molecular formula is C17H22N2OS. The Hall–Kier alpha value is -1.65. The number of nitrogens with two attached hydrogens (primary N) is 1. The smallest absolute Gasteiger partial charge is 0.225 e. The van der Waals surface area contributed by atoms with Crippen molar-refractivity contribution < 1.29 is 4.79 Å². The molecule has 0 fully saturated rings. The summed E-state index contributed by atoms with van der Waals surface area (Å²) < 4.78 is 0. The minimum Gasteiger partial charge on any atom is -0.354 e. The quantitative estimate of drug-likeness (QED) is 0.860. The number of benzene rings is 1. The van der Waals surface area contributed by atoms with Crippen LogP contribution in [-0.2, 0) is 11.2 Å². The van der Waals surface area contributed by atoms with Gasteiger partial charge in [-0.05, 0) is 28.5 Å². The van der Waals surface area contributed by atoms with E-state index < -0.39 is 0 Å². The van der Waals surface area contributed by atoms with Gasteiger partial charge in [0.05, 0.1) is 6.42 Å². The van der Waals surface area contributed by atoms with Crippen LogP contribution in [-0.4, -0.2) is 12.5 Å². The molecule has 0 saturated heterocycles. The molecule has 21 heavy (non-hydrogen) atoms. The highest BCUT2D eigenvalue weighted by Gasteiger charge is 2.09. The zero-order valence-electron chi connectivity index (χ0n) is 12.5. The van der Waals surface area contributed by atoms with Crippen LogP contribution in [0.5, 0.6) is 0 Å². The van der Waals surface area contributed by atoms with E-state index in [-0.39, 0.29) is 11.9 Å². The molecule has 1 aromatic heterocycles. The van der Waals surface area contributed by atoms with Crippen molar-refractivity contribution >= 4 is 17.2 Å². The number of hydrogen-bond acceptors (Lipinski definition) is 3. The van der Waals surface area contributed by atoms with E-state index in [0.717, 1.165) is 10.4 Å². The molecule has 1 atom stereocenters. The van der Waals surface area contributed by atoms with E-state index in [1.54, 1.807) is 11.3 Å². The lowest BCUT2D eigenvalue weighted by atomic mass is 9.99. The maximum atomic E-state index is 11.8. The lowest BCUT2D eigenvalue weighted by molar-refractivity contribution is -0.120. The lowest BCUT2D eigenvalue weighted by Gasteiger charge is -2.14. The molecule has 3 nitrogen and oxygen atoms in total. The van der Waals surface area contributed by atoms with Crippen LogP contribution in [0.2, 0.25) is 0 Å². The summed E-state index contributed by atoms with van der Waals surface area (Å²) in [6, 6.07) is 12.1. The highest BCUT2D eigenvalue weighted by atomic mass is 32.1. The second-order valence-corrected chi connectivity index (χ2v) is 6.52. The van der Waals surface area contributed by atoms with Gasteiger partial charge in [0.1, 0.15) is 0 Å². The molecule has 0 aliphatic carbocycles. The number of carbonyl (C=O) groups excluding carboxylic acids is 1. The first kappa shape index (κ1) is 15.7. The summed E-state index contributed by atoms with van der Waals surface area (Å²) in [4.78, 5) is 12.9. The SMILES string of the molecule is CC(C)c1ccc(C(N)CNC(=O)Cc2cccs2)cc1. The fourth-order valence-electron chi connectivity index (χ4n) is 2.10. The van der Waals surface area contributed by atoms with Crippen LogP contribution in [0, 0.1) is 0 Å². The first-order valence-electron chi connectivity index (χ1n) is 7.20. The first-order valence-corrected chi connectivity index (χ1v) is 8.08. The molecule has 2 rings (SSSR count). The molecule has 1 unspecified atom stereocenters. The number of hydrogen-bond donors (Lipinski definition) is 2. The highest BCUT2D eigenvalue weighted by Crippen LogP contribution is 2.17. The summed E-state index contributed by atoms with van der Waals surface area (Å²) in [5.41, 5.74) is 8.48. The number of amides is 1. The molecule has 3 N–H and O–H groups in total. The molecule has 1 aromatic carbocycles. The Balaban J connectivity index is 1.83. The lowest BCUT2D eigenvalue weighted by Crippen LogP contribution is -2.32. The van der Waals surface area contributed by atoms with Crippen molar-refractivity contribution in [3.63, 3.8) is 0 Å². The van der Waals surface area contributed by atoms with Crippen LogP contribution < -0.4 is 11.1 Å². The van der Waals surface area contributed by atoms with Gasteiger partial charge in [0.2, 0.25) is 5.91 Å². The van der Waals surface area contributed by atoms with Gasteiger partial charge in [0.15, 0.2) is 0 Å². The molecule has 2 aromatic rings. The van der Waals surface area contributed by atoms with Crippen LogP contribution >= 0.6 is 11.3 Å². The van der Waals surface area contributed by atoms with Gasteiger partial charge in [0, 0.05) is 17.5 Å². The third-order valence-electron chi connectivity index (χ3n) is 3.47. The standard InChI is InChI=1S/C17H22N2OS/c1-12(2)13-5-7-14(8-6-13)16(18)11-19-17(20)10-15-4-3-9-21-15/h3-9,12,16H,10-11,18H2,1-2H3,(H,19,20). The van der Waals surface area contributed by atoms with E-state index in [1.807, 2.05) is 29.6 Å². The van der Waals surface area contributed by atoms with Crippen molar-refractivity contribution in [2.24, 2.45) is 5.73 Å². The van der Waals surface area contributed by atoms with Gasteiger partial charge in [-0.2, -0.15) is 0 Å². The molecule has 1 heterocycles. The predicted octanol–water partition coefficient (Wildman–Crippen LogP) is 3.23. The molecule has 0 aliphatic heterocycles. The molecule has 0 bridgehead atoms. The minimum atomic E-state index is -0.168. The second kappa shape index (κ2) is 7.38. The molecular weight excluding hydrogens is 280 g/mol. The third-order valence-corrected chi connectivity index (χ3v) is 4.34. The van der Waals surface area contributed by atoms with Crippen molar-refractivity contribution in [3.8, 4) is 0 Å². The molecule has 0 saturated carbocycles. The largest absolute Gasteiger partial charge is 0.354 e. The number of rotatable bonds is 6. The molecule has 0 radical (unpaired) electrons. The van der Waals surface area contributed by atoms with Crippen molar-refractivity contribution in [1.29, 1.82) is 0 Å². The average molecular weight is 302 g/mol. The summed E-state index contributed by atoms with van der Waals surface area (Å²) >= 11 is 1.59.